The third kappa shape index (κ3) is 22.9. The summed E-state index contributed by atoms with van der Waals surface area (Å²) in [5.41, 5.74) is 9.35. The summed E-state index contributed by atoms with van der Waals surface area (Å²) in [4.78, 5) is 122. The molecule has 0 saturated heterocycles. The third-order valence-corrected chi connectivity index (χ3v) is 21.5. The maximum atomic E-state index is 13.6. The van der Waals surface area contributed by atoms with E-state index < -0.39 is 11.6 Å². The lowest BCUT2D eigenvalue weighted by Crippen LogP contribution is -2.22. The maximum Gasteiger partial charge on any atom is 0.274 e. The van der Waals surface area contributed by atoms with Crippen molar-refractivity contribution in [1.29, 1.82) is 0 Å². The molecule has 0 amide bonds. The first-order valence-corrected chi connectivity index (χ1v) is 40.0. The topological polar surface area (TPSA) is 271 Å². The van der Waals surface area contributed by atoms with Crippen LogP contribution < -0.4 is 27.8 Å². The summed E-state index contributed by atoms with van der Waals surface area (Å²) in [5, 5.41) is 32.7. The van der Waals surface area contributed by atoms with Gasteiger partial charge in [0.05, 0.1) is 87.5 Å². The number of nitrogens with one attached hydrogen (secondary N) is 1. The van der Waals surface area contributed by atoms with Gasteiger partial charge in [0.15, 0.2) is 0 Å². The fourth-order valence-corrected chi connectivity index (χ4v) is 15.3. The molecule has 0 unspecified atom stereocenters. The highest BCUT2D eigenvalue weighted by Gasteiger charge is 2.21. The summed E-state index contributed by atoms with van der Waals surface area (Å²) in [6.45, 7) is 8.99. The number of aromatic nitrogens is 10. The van der Waals surface area contributed by atoms with Gasteiger partial charge in [0.2, 0.25) is 0 Å². The Labute approximate surface area is 717 Å². The van der Waals surface area contributed by atoms with Crippen LogP contribution in [0.15, 0.2) is 224 Å². The molecule has 15 rings (SSSR count). The molecule has 0 radical (unpaired) electrons. The molecule has 27 heteroatoms. The van der Waals surface area contributed by atoms with Gasteiger partial charge in [-0.2, -0.15) is 25.5 Å². The Bertz CT molecular complexity index is 6510. The van der Waals surface area contributed by atoms with E-state index in [1.165, 1.54) is 44.8 Å². The normalized spacial score (nSPS) is 11.0. The largest absolute Gasteiger partial charge is 0.299 e. The fraction of sp³-hybridized carbons (Fsp3) is 0.202. The van der Waals surface area contributed by atoms with Gasteiger partial charge in [-0.3, -0.25) is 47.9 Å². The van der Waals surface area contributed by atoms with Gasteiger partial charge in [-0.05, 0) is 170 Å². The zero-order valence-corrected chi connectivity index (χ0v) is 71.2. The van der Waals surface area contributed by atoms with Crippen molar-refractivity contribution in [2.45, 2.75) is 98.8 Å². The summed E-state index contributed by atoms with van der Waals surface area (Å²) >= 11 is 30.5. The van der Waals surface area contributed by atoms with E-state index >= 15 is 0 Å². The monoisotopic (exact) mass is 1720 g/mol. The second-order valence-corrected chi connectivity index (χ2v) is 31.5. The number of fused-ring (bicyclic) bond motifs is 5. The number of carbonyl (C=O) groups is 5. The second kappa shape index (κ2) is 40.1. The van der Waals surface area contributed by atoms with E-state index in [0.29, 0.717) is 110 Å². The highest BCUT2D eigenvalue weighted by atomic mass is 35.5. The van der Waals surface area contributed by atoms with Crippen molar-refractivity contribution in [3.63, 3.8) is 0 Å². The SMILES string of the molecule is Cc1c(Cl)cc(CC(=O)Cc2nn(C)c(=O)c3ccccc23)cc1Cl.Cc1c(F)cc(CC(=O)Cc2nn(C)c(=O)c3ccccc23)cc1F.Cc1cc(Cl)cc(CC(=O)Cc2nn(C)c(=O)c3ccccc23)c1.Cc1cc(Cl)cc(CC(=O)Cc2nn(C)c(=O)c3ccccc23)c1.Cc1ccc(CC(=O)Cc2n[nH]c(=O)c3ccccc23)cc1Cl. The van der Waals surface area contributed by atoms with Gasteiger partial charge in [-0.25, -0.2) is 32.6 Å². The molecule has 0 bridgehead atoms. The van der Waals surface area contributed by atoms with E-state index in [0.717, 1.165) is 55.3 Å². The lowest BCUT2D eigenvalue weighted by Gasteiger charge is -2.09. The summed E-state index contributed by atoms with van der Waals surface area (Å²) in [7, 11) is 6.31. The molecule has 0 aliphatic rings. The first kappa shape index (κ1) is 89.4. The predicted molar refractivity (Wildman–Crippen MR) is 473 cm³/mol. The Morgan fingerprint density at radius 3 is 0.901 bits per heavy atom. The Kier molecular flexibility index (Phi) is 29.6. The molecule has 0 saturated carbocycles. The number of ketones is 5. The van der Waals surface area contributed by atoms with Crippen molar-refractivity contribution >= 4 is 141 Å². The van der Waals surface area contributed by atoms with Crippen molar-refractivity contribution < 1.29 is 32.8 Å². The molecule has 5 heterocycles. The fourth-order valence-electron chi connectivity index (χ4n) is 13.9. The summed E-state index contributed by atoms with van der Waals surface area (Å²) < 4.78 is 32.3. The van der Waals surface area contributed by atoms with Crippen molar-refractivity contribution in [3.8, 4) is 0 Å². The predicted octanol–water partition coefficient (Wildman–Crippen LogP) is 16.5. The molecular weight excluding hydrogens is 1640 g/mol. The number of benzene rings is 10. The van der Waals surface area contributed by atoms with Crippen LogP contribution in [0.1, 0.15) is 84.1 Å². The van der Waals surface area contributed by atoms with Crippen LogP contribution in [0.4, 0.5) is 8.78 Å². The summed E-state index contributed by atoms with van der Waals surface area (Å²) in [5.74, 6) is -1.51. The van der Waals surface area contributed by atoms with Crippen molar-refractivity contribution in [3.05, 3.63) is 373 Å². The number of rotatable bonds is 20. The van der Waals surface area contributed by atoms with E-state index in [9.17, 15) is 56.7 Å². The molecule has 0 spiro atoms. The van der Waals surface area contributed by atoms with Crippen LogP contribution in [-0.4, -0.2) is 78.2 Å². The third-order valence-electron chi connectivity index (χ3n) is 19.9. The zero-order valence-electron chi connectivity index (χ0n) is 67.4. The minimum atomic E-state index is -0.673. The van der Waals surface area contributed by atoms with Crippen molar-refractivity contribution in [2.24, 2.45) is 28.2 Å². The van der Waals surface area contributed by atoms with Crippen LogP contribution in [0.5, 0.6) is 0 Å². The Balaban J connectivity index is 0.000000148. The Hall–Kier alpha value is -12.4. The lowest BCUT2D eigenvalue weighted by molar-refractivity contribution is -0.118. The minimum Gasteiger partial charge on any atom is -0.299 e. The van der Waals surface area contributed by atoms with Gasteiger partial charge >= 0.3 is 0 Å². The Morgan fingerprint density at radius 2 is 0.579 bits per heavy atom. The van der Waals surface area contributed by atoms with Gasteiger partial charge in [-0.15, -0.1) is 0 Å². The number of carbonyl (C=O) groups excluding carboxylic acids is 5. The van der Waals surface area contributed by atoms with Gasteiger partial charge in [-0.1, -0.05) is 173 Å². The molecular formula is C94H81Cl5F2N10O10. The van der Waals surface area contributed by atoms with Gasteiger partial charge in [0.25, 0.3) is 27.8 Å². The molecule has 10 aromatic carbocycles. The molecule has 5 aromatic heterocycles. The molecule has 15 aromatic rings. The van der Waals surface area contributed by atoms with Crippen LogP contribution in [0.2, 0.25) is 25.1 Å². The average Bonchev–Trinajstić information content (AvgIpc) is 0.804. The smallest absolute Gasteiger partial charge is 0.274 e. The average molecular weight is 1730 g/mol. The van der Waals surface area contributed by atoms with E-state index in [4.69, 9.17) is 58.0 Å². The van der Waals surface area contributed by atoms with Gasteiger partial charge < -0.3 is 0 Å². The molecule has 0 fully saturated rings. The second-order valence-electron chi connectivity index (χ2n) is 29.4. The number of H-pyrrole nitrogens is 1. The van der Waals surface area contributed by atoms with Crippen LogP contribution in [0, 0.1) is 46.3 Å². The molecule has 20 nitrogen and oxygen atoms in total. The summed E-state index contributed by atoms with van der Waals surface area (Å²) in [6, 6.07) is 58.4. The Morgan fingerprint density at radius 1 is 0.306 bits per heavy atom. The van der Waals surface area contributed by atoms with Crippen molar-refractivity contribution in [2.75, 3.05) is 0 Å². The van der Waals surface area contributed by atoms with E-state index in [1.807, 2.05) is 131 Å². The van der Waals surface area contributed by atoms with E-state index in [-0.39, 0.29) is 119 Å². The van der Waals surface area contributed by atoms with Crippen LogP contribution in [0.25, 0.3) is 53.9 Å². The number of aromatic amines is 1. The number of nitrogens with zero attached hydrogens (tertiary/aromatic N) is 9. The van der Waals surface area contributed by atoms with Crippen LogP contribution in [-0.2, 0) is 116 Å². The number of aryl methyl sites for hydroxylation is 7. The molecule has 616 valence electrons. The number of halogens is 7. The first-order valence-electron chi connectivity index (χ1n) is 38.2. The summed E-state index contributed by atoms with van der Waals surface area (Å²) in [6.07, 6.45) is 1.62. The molecule has 121 heavy (non-hydrogen) atoms. The van der Waals surface area contributed by atoms with E-state index in [2.05, 4.69) is 30.6 Å². The first-order chi connectivity index (χ1) is 57.6. The molecule has 1 N–H and O–H groups in total. The molecule has 0 atom stereocenters. The minimum absolute atomic E-state index is 0.0210. The van der Waals surface area contributed by atoms with Crippen LogP contribution in [0.3, 0.4) is 0 Å². The number of Topliss-reactive ketones (excluding diaryl/α,β-unsaturated/α-hetero) is 5. The van der Waals surface area contributed by atoms with Gasteiger partial charge in [0.1, 0.15) is 40.6 Å². The number of hydrogen-bond acceptors (Lipinski definition) is 15. The highest BCUT2D eigenvalue weighted by Crippen LogP contribution is 2.28. The quantitative estimate of drug-likeness (QED) is 0.0743. The van der Waals surface area contributed by atoms with Gasteiger partial charge in [0, 0.05) is 118 Å². The van der Waals surface area contributed by atoms with Crippen LogP contribution >= 0.6 is 58.0 Å². The number of hydrogen-bond donors (Lipinski definition) is 1. The standard InChI is InChI=1S/C19H16Cl2N2O2.2C19H17ClN2O2.C19H16F2N2O2.C18H15ClN2O2/c1-11-16(20)8-12(9-17(11)21)7-13(24)10-18-14-5-3-4-6-15(14)19(25)23(2)22-18;2*1-12-7-13(9-14(20)8-12)10-15(23)11-18-16-5-3-4-6-17(16)19(24)22(2)21-18;1-11-16(20)8-12(9-17(11)21)7-13(24)10-18-14-5-3-4-6-15(14)19(25)23(2)22-18;1-11-6-7-12(9-16(11)19)8-13(22)10-17-14-4-2-3-5-15(14)18(23)21-20-17/h3-6,8-9H,7,10H2,1-2H3;2*3-9H,10-11H2,1-2H3;3-6,8-9H,7,10H2,1-2H3;2-7,9H,8,10H2,1H3,(H,21,23). The zero-order chi connectivity index (χ0) is 87.2. The maximum absolute atomic E-state index is 13.6. The highest BCUT2D eigenvalue weighted by molar-refractivity contribution is 6.36. The molecule has 0 aliphatic carbocycles. The van der Waals surface area contributed by atoms with Crippen molar-refractivity contribution in [1.82, 2.24) is 49.3 Å². The molecule has 0 aliphatic heterocycles. The lowest BCUT2D eigenvalue weighted by atomic mass is 10.0. The van der Waals surface area contributed by atoms with E-state index in [1.54, 1.807) is 106 Å².